The van der Waals surface area contributed by atoms with Gasteiger partial charge in [-0.25, -0.2) is 18.7 Å². The highest BCUT2D eigenvalue weighted by molar-refractivity contribution is 5.72. The first-order valence-corrected chi connectivity index (χ1v) is 12.1. The van der Waals surface area contributed by atoms with Crippen molar-refractivity contribution in [3.8, 4) is 0 Å². The summed E-state index contributed by atoms with van der Waals surface area (Å²) in [6, 6.07) is 3.57. The number of H-pyrrole nitrogens is 1. The van der Waals surface area contributed by atoms with Crippen LogP contribution >= 0.6 is 0 Å². The molecule has 1 amide bonds. The minimum absolute atomic E-state index is 0.0198. The fourth-order valence-electron chi connectivity index (χ4n) is 4.68. The van der Waals surface area contributed by atoms with Gasteiger partial charge >= 0.3 is 6.09 Å². The lowest BCUT2D eigenvalue weighted by Crippen LogP contribution is -2.39. The second kappa shape index (κ2) is 8.76. The molecule has 3 atom stereocenters. The molecule has 5 heterocycles. The number of fused-ring (bicyclic) bond motifs is 1. The minimum Gasteiger partial charge on any atom is -0.441 e. The van der Waals surface area contributed by atoms with E-state index >= 15 is 4.39 Å². The monoisotopic (exact) mass is 484 g/mol. The molecule has 1 aliphatic carbocycles. The number of hydrogen-bond donors (Lipinski definition) is 4. The van der Waals surface area contributed by atoms with Gasteiger partial charge in [0.2, 0.25) is 0 Å². The molecule has 12 heteroatoms. The molecule has 11 nitrogen and oxygen atoms in total. The van der Waals surface area contributed by atoms with Crippen LogP contribution in [-0.2, 0) is 9.47 Å². The van der Waals surface area contributed by atoms with Gasteiger partial charge in [0.05, 0.1) is 30.4 Å². The zero-order chi connectivity index (χ0) is 24.0. The van der Waals surface area contributed by atoms with Crippen molar-refractivity contribution in [1.82, 2.24) is 35.4 Å². The van der Waals surface area contributed by atoms with Crippen LogP contribution in [-0.4, -0.2) is 68.4 Å². The molecule has 2 aliphatic heterocycles. The van der Waals surface area contributed by atoms with Crippen molar-refractivity contribution in [2.45, 2.75) is 62.4 Å². The third kappa shape index (κ3) is 4.55. The first-order valence-electron chi connectivity index (χ1n) is 12.1. The summed E-state index contributed by atoms with van der Waals surface area (Å²) >= 11 is 0. The molecule has 3 fully saturated rings. The number of halogens is 1. The first kappa shape index (κ1) is 22.2. The number of aromatic nitrogens is 5. The van der Waals surface area contributed by atoms with Gasteiger partial charge in [-0.1, -0.05) is 0 Å². The van der Waals surface area contributed by atoms with E-state index < -0.39 is 24.5 Å². The molecule has 35 heavy (non-hydrogen) atoms. The minimum atomic E-state index is -1.51. The number of nitrogens with zero attached hydrogens (tertiary/aromatic N) is 4. The molecule has 186 valence electrons. The highest BCUT2D eigenvalue weighted by atomic mass is 19.1. The van der Waals surface area contributed by atoms with E-state index in [2.05, 4.69) is 31.2 Å². The van der Waals surface area contributed by atoms with Crippen molar-refractivity contribution in [3.05, 3.63) is 35.9 Å². The lowest BCUT2D eigenvalue weighted by atomic mass is 9.95. The second-order valence-corrected chi connectivity index (χ2v) is 9.86. The van der Waals surface area contributed by atoms with Crippen molar-refractivity contribution < 1.29 is 18.7 Å². The zero-order valence-corrected chi connectivity index (χ0v) is 19.5. The third-order valence-corrected chi connectivity index (χ3v) is 7.06. The number of rotatable bonds is 6. The summed E-state index contributed by atoms with van der Waals surface area (Å²) in [5, 5.41) is 20.9. The smallest absolute Gasteiger partial charge is 0.408 e. The summed E-state index contributed by atoms with van der Waals surface area (Å²) in [5.41, 5.74) is 2.02. The number of anilines is 2. The standard InChI is InChI=1S/C23H29FN8O3/c1-23(5-6-23)29-22(33)35-17-12-34-20(19(17)24)14-10-18(31-30-14)28-21-16-4-9-26-32(16)11-15(27-21)13-2-7-25-8-3-13/h4,9-11,13,17,19-20,25H,2-3,5-8,12H2,1H3,(H,29,33)(H2,27,28,30,31)/t17-,19+,20-/m0/s1. The van der Waals surface area contributed by atoms with Gasteiger partial charge in [-0.05, 0) is 51.8 Å². The number of aromatic amines is 1. The number of nitrogens with one attached hydrogen (secondary N) is 4. The third-order valence-electron chi connectivity index (χ3n) is 7.06. The van der Waals surface area contributed by atoms with E-state index in [0.717, 1.165) is 50.0 Å². The van der Waals surface area contributed by atoms with Gasteiger partial charge in [0, 0.05) is 17.5 Å². The summed E-state index contributed by atoms with van der Waals surface area (Å²) < 4.78 is 27.8. The molecule has 1 saturated carbocycles. The maximum absolute atomic E-state index is 15.1. The van der Waals surface area contributed by atoms with Gasteiger partial charge in [-0.3, -0.25) is 5.10 Å². The van der Waals surface area contributed by atoms with Crippen molar-refractivity contribution in [1.29, 1.82) is 0 Å². The van der Waals surface area contributed by atoms with Crippen LogP contribution in [0.25, 0.3) is 5.52 Å². The molecule has 3 aromatic rings. The SMILES string of the molecule is CC1(NC(=O)O[C@H]2CO[C@@H](c3cc(Nc4nc(C5CCNCC5)cn5nccc45)n[nH]3)[C@@H]2F)CC1. The Morgan fingerprint density at radius 2 is 2.17 bits per heavy atom. The maximum atomic E-state index is 15.1. The van der Waals surface area contributed by atoms with Gasteiger partial charge in [-0.15, -0.1) is 0 Å². The van der Waals surface area contributed by atoms with Gasteiger partial charge in [0.25, 0.3) is 0 Å². The average molecular weight is 485 g/mol. The molecule has 0 bridgehead atoms. The van der Waals surface area contributed by atoms with E-state index in [4.69, 9.17) is 14.5 Å². The predicted octanol–water partition coefficient (Wildman–Crippen LogP) is 2.72. The van der Waals surface area contributed by atoms with Crippen LogP contribution in [0.5, 0.6) is 0 Å². The Kier molecular flexibility index (Phi) is 5.56. The van der Waals surface area contributed by atoms with Crippen LogP contribution in [0.2, 0.25) is 0 Å². The van der Waals surface area contributed by atoms with Crippen LogP contribution in [0.4, 0.5) is 20.8 Å². The number of alkyl halides is 1. The van der Waals surface area contributed by atoms with Crippen LogP contribution in [0.1, 0.15) is 56.0 Å². The Labute approximate surface area is 201 Å². The van der Waals surface area contributed by atoms with Crippen LogP contribution in [0.3, 0.4) is 0 Å². The number of amides is 1. The van der Waals surface area contributed by atoms with Crippen molar-refractivity contribution in [2.75, 3.05) is 25.0 Å². The summed E-state index contributed by atoms with van der Waals surface area (Å²) in [6.07, 6.45) is 3.53. The molecule has 4 N–H and O–H groups in total. The van der Waals surface area contributed by atoms with Gasteiger partial charge < -0.3 is 25.4 Å². The molecule has 6 rings (SSSR count). The quantitative estimate of drug-likeness (QED) is 0.420. The lowest BCUT2D eigenvalue weighted by Gasteiger charge is -2.22. The number of carbonyl (C=O) groups excluding carboxylic acids is 1. The number of alkyl carbamates (subject to hydrolysis) is 1. The van der Waals surface area contributed by atoms with E-state index in [1.807, 2.05) is 23.7 Å². The molecule has 0 aromatic carbocycles. The first-order chi connectivity index (χ1) is 17.0. The second-order valence-electron chi connectivity index (χ2n) is 9.86. The Morgan fingerprint density at radius 1 is 1.34 bits per heavy atom. The topological polar surface area (TPSA) is 130 Å². The average Bonchev–Trinajstić information content (AvgIpc) is 3.22. The Morgan fingerprint density at radius 3 is 2.97 bits per heavy atom. The van der Waals surface area contributed by atoms with Gasteiger partial charge in [0.15, 0.2) is 23.9 Å². The van der Waals surface area contributed by atoms with Gasteiger partial charge in [-0.2, -0.15) is 10.2 Å². The Balaban J connectivity index is 1.15. The maximum Gasteiger partial charge on any atom is 0.408 e. The molecule has 0 unspecified atom stereocenters. The van der Waals surface area contributed by atoms with Crippen molar-refractivity contribution in [2.24, 2.45) is 0 Å². The van der Waals surface area contributed by atoms with E-state index in [0.29, 0.717) is 23.2 Å². The van der Waals surface area contributed by atoms with Crippen LogP contribution in [0.15, 0.2) is 24.5 Å². The normalized spacial score (nSPS) is 26.1. The number of piperidine rings is 1. The van der Waals surface area contributed by atoms with Crippen LogP contribution in [0, 0.1) is 0 Å². The highest BCUT2D eigenvalue weighted by Gasteiger charge is 2.44. The lowest BCUT2D eigenvalue weighted by molar-refractivity contribution is 0.0604. The molecule has 2 saturated heterocycles. The van der Waals surface area contributed by atoms with E-state index in [9.17, 15) is 4.79 Å². The number of hydrogen-bond acceptors (Lipinski definition) is 8. The fourth-order valence-corrected chi connectivity index (χ4v) is 4.68. The largest absolute Gasteiger partial charge is 0.441 e. The number of ether oxygens (including phenoxy) is 2. The molecule has 3 aromatic heterocycles. The molecule has 3 aliphatic rings. The summed E-state index contributed by atoms with van der Waals surface area (Å²) in [5.74, 6) is 1.47. The fraction of sp³-hybridized carbons (Fsp3) is 0.565. The van der Waals surface area contributed by atoms with Gasteiger partial charge in [0.1, 0.15) is 11.6 Å². The molecular weight excluding hydrogens is 455 g/mol. The Bertz CT molecular complexity index is 1220. The predicted molar refractivity (Wildman–Crippen MR) is 124 cm³/mol. The summed E-state index contributed by atoms with van der Waals surface area (Å²) in [4.78, 5) is 16.9. The summed E-state index contributed by atoms with van der Waals surface area (Å²) in [6.45, 7) is 3.84. The number of carbonyl (C=O) groups is 1. The molecule has 0 spiro atoms. The van der Waals surface area contributed by atoms with E-state index in [1.54, 1.807) is 12.3 Å². The zero-order valence-electron chi connectivity index (χ0n) is 19.5. The van der Waals surface area contributed by atoms with Crippen molar-refractivity contribution >= 4 is 23.2 Å². The van der Waals surface area contributed by atoms with E-state index in [-0.39, 0.29) is 12.1 Å². The molecule has 0 radical (unpaired) electrons. The highest BCUT2D eigenvalue weighted by Crippen LogP contribution is 2.36. The Hall–Kier alpha value is -3.25. The summed E-state index contributed by atoms with van der Waals surface area (Å²) in [7, 11) is 0. The van der Waals surface area contributed by atoms with Crippen molar-refractivity contribution in [3.63, 3.8) is 0 Å². The van der Waals surface area contributed by atoms with E-state index in [1.165, 1.54) is 0 Å². The molecular formula is C23H29FN8O3. The van der Waals surface area contributed by atoms with Crippen LogP contribution < -0.4 is 16.0 Å².